The molecule has 3 nitrogen and oxygen atoms in total. The highest BCUT2D eigenvalue weighted by Crippen LogP contribution is 2.28. The minimum Gasteiger partial charge on any atom is -0.495 e. The van der Waals surface area contributed by atoms with Gasteiger partial charge in [-0.25, -0.2) is 4.79 Å². The Kier molecular flexibility index (Phi) is 5.39. The number of ether oxygens (including phenoxy) is 1. The second kappa shape index (κ2) is 7.48. The summed E-state index contributed by atoms with van der Waals surface area (Å²) in [7, 11) is 1.55. The molecule has 0 aliphatic rings. The molecular formula is C18H15ClO3. The van der Waals surface area contributed by atoms with E-state index in [-0.39, 0.29) is 5.57 Å². The van der Waals surface area contributed by atoms with Crippen molar-refractivity contribution in [3.05, 3.63) is 76.8 Å². The van der Waals surface area contributed by atoms with Crippen molar-refractivity contribution in [1.82, 2.24) is 0 Å². The highest BCUT2D eigenvalue weighted by molar-refractivity contribution is 6.33. The predicted molar refractivity (Wildman–Crippen MR) is 89.1 cm³/mol. The van der Waals surface area contributed by atoms with E-state index >= 15 is 0 Å². The van der Waals surface area contributed by atoms with Crippen LogP contribution < -0.4 is 4.74 Å². The molecule has 0 atom stereocenters. The Bertz CT molecular complexity index is 718. The average molecular weight is 315 g/mol. The van der Waals surface area contributed by atoms with Gasteiger partial charge in [-0.2, -0.15) is 0 Å². The molecule has 22 heavy (non-hydrogen) atoms. The van der Waals surface area contributed by atoms with Gasteiger partial charge >= 0.3 is 5.97 Å². The number of hydrogen-bond donors (Lipinski definition) is 1. The van der Waals surface area contributed by atoms with E-state index in [2.05, 4.69) is 0 Å². The smallest absolute Gasteiger partial charge is 0.336 e. The Balaban J connectivity index is 2.31. The van der Waals surface area contributed by atoms with Crippen LogP contribution in [0.4, 0.5) is 0 Å². The second-order valence-electron chi connectivity index (χ2n) is 4.47. The SMILES string of the molecule is COc1cccc(/C=C/C=C(\C(=O)O)c2ccccc2)c1Cl. The Hall–Kier alpha value is -2.52. The topological polar surface area (TPSA) is 46.5 Å². The maximum Gasteiger partial charge on any atom is 0.336 e. The maximum absolute atomic E-state index is 11.4. The van der Waals surface area contributed by atoms with E-state index in [1.165, 1.54) is 0 Å². The maximum atomic E-state index is 11.4. The van der Waals surface area contributed by atoms with Crippen molar-refractivity contribution in [2.45, 2.75) is 0 Å². The minimum atomic E-state index is -0.979. The average Bonchev–Trinajstić information content (AvgIpc) is 2.53. The number of rotatable bonds is 5. The van der Waals surface area contributed by atoms with Crippen LogP contribution in [-0.4, -0.2) is 18.2 Å². The second-order valence-corrected chi connectivity index (χ2v) is 4.85. The summed E-state index contributed by atoms with van der Waals surface area (Å²) in [6, 6.07) is 14.4. The summed E-state index contributed by atoms with van der Waals surface area (Å²) in [5.41, 5.74) is 1.63. The Labute approximate surface area is 134 Å². The van der Waals surface area contributed by atoms with Crippen LogP contribution in [0.2, 0.25) is 5.02 Å². The van der Waals surface area contributed by atoms with E-state index in [1.807, 2.05) is 18.2 Å². The van der Waals surface area contributed by atoms with Crippen molar-refractivity contribution in [3.8, 4) is 5.75 Å². The largest absolute Gasteiger partial charge is 0.495 e. The zero-order chi connectivity index (χ0) is 15.9. The molecule has 2 rings (SSSR count). The molecule has 0 saturated heterocycles. The molecule has 0 fully saturated rings. The van der Waals surface area contributed by atoms with Gasteiger partial charge in [0.25, 0.3) is 0 Å². The van der Waals surface area contributed by atoms with Crippen LogP contribution in [0.5, 0.6) is 5.75 Å². The van der Waals surface area contributed by atoms with Crippen molar-refractivity contribution in [2.75, 3.05) is 7.11 Å². The van der Waals surface area contributed by atoms with Gasteiger partial charge < -0.3 is 9.84 Å². The molecule has 0 radical (unpaired) electrons. The predicted octanol–water partition coefficient (Wildman–Crippen LogP) is 4.53. The standard InChI is InChI=1S/C18H15ClO3/c1-22-16-12-6-10-14(17(16)19)9-5-11-15(18(20)21)13-7-3-2-4-8-13/h2-12H,1H3,(H,20,21)/b9-5+,15-11-. The van der Waals surface area contributed by atoms with Crippen LogP contribution in [0, 0.1) is 0 Å². The monoisotopic (exact) mass is 314 g/mol. The Morgan fingerprint density at radius 1 is 1.14 bits per heavy atom. The summed E-state index contributed by atoms with van der Waals surface area (Å²) in [5.74, 6) is -0.401. The van der Waals surface area contributed by atoms with Gasteiger partial charge in [-0.3, -0.25) is 0 Å². The van der Waals surface area contributed by atoms with Crippen LogP contribution in [0.3, 0.4) is 0 Å². The molecule has 0 aliphatic heterocycles. The third kappa shape index (κ3) is 3.77. The summed E-state index contributed by atoms with van der Waals surface area (Å²) in [6.45, 7) is 0. The highest BCUT2D eigenvalue weighted by atomic mass is 35.5. The molecule has 4 heteroatoms. The number of hydrogen-bond acceptors (Lipinski definition) is 2. The highest BCUT2D eigenvalue weighted by Gasteiger charge is 2.08. The number of carbonyl (C=O) groups is 1. The number of halogens is 1. The summed E-state index contributed by atoms with van der Waals surface area (Å²) < 4.78 is 5.15. The van der Waals surface area contributed by atoms with E-state index in [4.69, 9.17) is 16.3 Å². The fourth-order valence-corrected chi connectivity index (χ4v) is 2.24. The molecule has 0 bridgehead atoms. The molecule has 0 heterocycles. The van der Waals surface area contributed by atoms with Crippen molar-refractivity contribution in [1.29, 1.82) is 0 Å². The molecule has 0 aromatic heterocycles. The van der Waals surface area contributed by atoms with Crippen molar-refractivity contribution >= 4 is 29.2 Å². The molecule has 2 aromatic carbocycles. The minimum absolute atomic E-state index is 0.218. The van der Waals surface area contributed by atoms with Gasteiger partial charge in [-0.1, -0.05) is 66.2 Å². The first-order valence-corrected chi connectivity index (χ1v) is 7.01. The number of aliphatic carboxylic acids is 1. The molecule has 1 N–H and O–H groups in total. The van der Waals surface area contributed by atoms with E-state index < -0.39 is 5.97 Å². The molecule has 112 valence electrons. The van der Waals surface area contributed by atoms with Crippen LogP contribution in [0.1, 0.15) is 11.1 Å². The van der Waals surface area contributed by atoms with E-state index in [0.29, 0.717) is 16.3 Å². The van der Waals surface area contributed by atoms with E-state index in [1.54, 1.807) is 55.7 Å². The van der Waals surface area contributed by atoms with Gasteiger partial charge in [0.1, 0.15) is 5.75 Å². The third-order valence-corrected chi connectivity index (χ3v) is 3.47. The quantitative estimate of drug-likeness (QED) is 0.651. The lowest BCUT2D eigenvalue weighted by Crippen LogP contribution is -1.98. The van der Waals surface area contributed by atoms with Gasteiger partial charge in [0, 0.05) is 0 Å². The van der Waals surface area contributed by atoms with E-state index in [9.17, 15) is 9.90 Å². The molecule has 0 amide bonds. The first-order valence-electron chi connectivity index (χ1n) is 6.63. The lowest BCUT2D eigenvalue weighted by Gasteiger charge is -2.04. The fourth-order valence-electron chi connectivity index (χ4n) is 1.97. The van der Waals surface area contributed by atoms with Crippen LogP contribution >= 0.6 is 11.6 Å². The summed E-state index contributed by atoms with van der Waals surface area (Å²) in [6.07, 6.45) is 4.96. The number of allylic oxidation sites excluding steroid dienone is 2. The van der Waals surface area contributed by atoms with Gasteiger partial charge in [0.2, 0.25) is 0 Å². The Morgan fingerprint density at radius 2 is 1.86 bits per heavy atom. The van der Waals surface area contributed by atoms with Gasteiger partial charge in [-0.15, -0.1) is 0 Å². The number of methoxy groups -OCH3 is 1. The number of carboxylic acid groups (broad SMARTS) is 1. The van der Waals surface area contributed by atoms with Crippen LogP contribution in [0.15, 0.2) is 60.7 Å². The molecule has 0 spiro atoms. The first-order chi connectivity index (χ1) is 10.6. The van der Waals surface area contributed by atoms with Crippen molar-refractivity contribution in [2.24, 2.45) is 0 Å². The van der Waals surface area contributed by atoms with Crippen molar-refractivity contribution < 1.29 is 14.6 Å². The normalized spacial score (nSPS) is 11.6. The molecule has 2 aromatic rings. The lowest BCUT2D eigenvalue weighted by molar-refractivity contribution is -0.130. The fraction of sp³-hybridized carbons (Fsp3) is 0.0556. The molecule has 0 unspecified atom stereocenters. The van der Waals surface area contributed by atoms with Gasteiger partial charge in [0.15, 0.2) is 0 Å². The summed E-state index contributed by atoms with van der Waals surface area (Å²) in [5, 5.41) is 9.80. The molecule has 0 saturated carbocycles. The Morgan fingerprint density at radius 3 is 2.50 bits per heavy atom. The number of carboxylic acids is 1. The molecular weight excluding hydrogens is 300 g/mol. The summed E-state index contributed by atoms with van der Waals surface area (Å²) >= 11 is 6.19. The third-order valence-electron chi connectivity index (χ3n) is 3.07. The lowest BCUT2D eigenvalue weighted by atomic mass is 10.1. The van der Waals surface area contributed by atoms with Crippen LogP contribution in [0.25, 0.3) is 11.6 Å². The zero-order valence-electron chi connectivity index (χ0n) is 12.0. The number of benzene rings is 2. The molecule has 0 aliphatic carbocycles. The first kappa shape index (κ1) is 15.9. The van der Waals surface area contributed by atoms with Gasteiger partial charge in [-0.05, 0) is 23.3 Å². The van der Waals surface area contributed by atoms with E-state index in [0.717, 1.165) is 5.56 Å². The summed E-state index contributed by atoms with van der Waals surface area (Å²) in [4.78, 5) is 11.4. The van der Waals surface area contributed by atoms with Crippen LogP contribution in [-0.2, 0) is 4.79 Å². The van der Waals surface area contributed by atoms with Crippen molar-refractivity contribution in [3.63, 3.8) is 0 Å². The van der Waals surface area contributed by atoms with Gasteiger partial charge in [0.05, 0.1) is 17.7 Å². The zero-order valence-corrected chi connectivity index (χ0v) is 12.7.